The molecule has 4 unspecified atom stereocenters. The minimum Gasteiger partial charge on any atom is -0.393 e. The highest BCUT2D eigenvalue weighted by atomic mass is 16.3. The van der Waals surface area contributed by atoms with E-state index in [4.69, 9.17) is 0 Å². The van der Waals surface area contributed by atoms with E-state index >= 15 is 0 Å². The average molecular weight is 405 g/mol. The van der Waals surface area contributed by atoms with Gasteiger partial charge in [-0.05, 0) is 116 Å². The second-order valence-corrected chi connectivity index (χ2v) is 13.5. The first-order chi connectivity index (χ1) is 13.5. The topological polar surface area (TPSA) is 40.5 Å². The molecule has 4 fully saturated rings. The van der Waals surface area contributed by atoms with Crippen molar-refractivity contribution >= 4 is 0 Å². The van der Waals surface area contributed by atoms with E-state index in [1.165, 1.54) is 44.9 Å². The molecule has 0 spiro atoms. The summed E-state index contributed by atoms with van der Waals surface area (Å²) in [6.07, 6.45) is 11.8. The van der Waals surface area contributed by atoms with Crippen molar-refractivity contribution in [2.75, 3.05) is 0 Å². The van der Waals surface area contributed by atoms with E-state index in [2.05, 4.69) is 41.5 Å². The maximum absolute atomic E-state index is 11.6. The van der Waals surface area contributed by atoms with Crippen LogP contribution in [0.25, 0.3) is 0 Å². The van der Waals surface area contributed by atoms with Gasteiger partial charge in [-0.1, -0.05) is 41.5 Å². The first-order valence-electron chi connectivity index (χ1n) is 12.8. The van der Waals surface area contributed by atoms with E-state index < -0.39 is 0 Å². The van der Waals surface area contributed by atoms with Crippen LogP contribution in [0.1, 0.15) is 106 Å². The lowest BCUT2D eigenvalue weighted by atomic mass is 9.43. The van der Waals surface area contributed by atoms with Crippen molar-refractivity contribution in [3.63, 3.8) is 0 Å². The number of hydrogen-bond acceptors (Lipinski definition) is 2. The van der Waals surface area contributed by atoms with Crippen LogP contribution >= 0.6 is 0 Å². The number of fused-ring (bicyclic) bond motifs is 5. The Morgan fingerprint density at radius 3 is 2.34 bits per heavy atom. The molecule has 0 aromatic carbocycles. The van der Waals surface area contributed by atoms with Crippen LogP contribution in [0, 0.1) is 51.8 Å². The lowest BCUT2D eigenvalue weighted by Crippen LogP contribution is -2.58. The molecule has 0 aromatic heterocycles. The third-order valence-corrected chi connectivity index (χ3v) is 10.9. The van der Waals surface area contributed by atoms with Gasteiger partial charge in [0, 0.05) is 0 Å². The zero-order valence-electron chi connectivity index (χ0n) is 20.1. The van der Waals surface area contributed by atoms with E-state index in [1.54, 1.807) is 0 Å². The minimum atomic E-state index is -0.138. The molecule has 4 rings (SSSR count). The van der Waals surface area contributed by atoms with Crippen molar-refractivity contribution in [2.45, 2.75) is 118 Å². The molecule has 0 bridgehead atoms. The summed E-state index contributed by atoms with van der Waals surface area (Å²) >= 11 is 0. The van der Waals surface area contributed by atoms with Crippen LogP contribution in [0.15, 0.2) is 0 Å². The van der Waals surface area contributed by atoms with Gasteiger partial charge in [0.1, 0.15) is 0 Å². The van der Waals surface area contributed by atoms with E-state index in [1.807, 2.05) is 0 Å². The average Bonchev–Trinajstić information content (AvgIpc) is 3.00. The summed E-state index contributed by atoms with van der Waals surface area (Å²) in [4.78, 5) is 0. The van der Waals surface area contributed by atoms with Crippen LogP contribution < -0.4 is 0 Å². The second-order valence-electron chi connectivity index (χ2n) is 13.5. The van der Waals surface area contributed by atoms with E-state index in [9.17, 15) is 10.2 Å². The molecule has 4 saturated carbocycles. The van der Waals surface area contributed by atoms with Crippen LogP contribution in [-0.4, -0.2) is 22.4 Å². The van der Waals surface area contributed by atoms with Crippen LogP contribution in [0.5, 0.6) is 0 Å². The van der Waals surface area contributed by atoms with Gasteiger partial charge in [-0.15, -0.1) is 0 Å². The fourth-order valence-electron chi connectivity index (χ4n) is 9.02. The predicted octanol–water partition coefficient (Wildman–Crippen LogP) is 6.44. The molecular weight excluding hydrogens is 356 g/mol. The highest BCUT2D eigenvalue weighted by molar-refractivity contribution is 5.12. The van der Waals surface area contributed by atoms with Gasteiger partial charge in [-0.25, -0.2) is 0 Å². The molecule has 29 heavy (non-hydrogen) atoms. The molecule has 0 aliphatic heterocycles. The molecule has 4 aliphatic carbocycles. The van der Waals surface area contributed by atoms with Crippen molar-refractivity contribution in [1.29, 1.82) is 0 Å². The van der Waals surface area contributed by atoms with Gasteiger partial charge in [0.15, 0.2) is 0 Å². The van der Waals surface area contributed by atoms with Crippen molar-refractivity contribution < 1.29 is 10.2 Å². The number of hydrogen-bond donors (Lipinski definition) is 2. The quantitative estimate of drug-likeness (QED) is 0.568. The Hall–Kier alpha value is -0.0800. The lowest BCUT2D eigenvalue weighted by molar-refractivity contribution is -0.175. The number of aliphatic hydroxyl groups is 2. The molecule has 2 nitrogen and oxygen atoms in total. The maximum atomic E-state index is 11.6. The van der Waals surface area contributed by atoms with Gasteiger partial charge >= 0.3 is 0 Å². The monoisotopic (exact) mass is 404 g/mol. The Morgan fingerprint density at radius 2 is 1.66 bits per heavy atom. The molecule has 0 amide bonds. The van der Waals surface area contributed by atoms with Gasteiger partial charge in [0.05, 0.1) is 12.2 Å². The van der Waals surface area contributed by atoms with Gasteiger partial charge in [0.2, 0.25) is 0 Å². The van der Waals surface area contributed by atoms with Gasteiger partial charge < -0.3 is 10.2 Å². The summed E-state index contributed by atoms with van der Waals surface area (Å²) < 4.78 is 0. The summed E-state index contributed by atoms with van der Waals surface area (Å²) in [6.45, 7) is 14.6. The predicted molar refractivity (Wildman–Crippen MR) is 120 cm³/mol. The molecule has 0 heterocycles. The smallest absolute Gasteiger partial charge is 0.0602 e. The molecule has 0 saturated heterocycles. The van der Waals surface area contributed by atoms with E-state index in [-0.39, 0.29) is 17.6 Å². The number of rotatable bonds is 3. The molecule has 2 heteroatoms. The van der Waals surface area contributed by atoms with Crippen LogP contribution in [0.4, 0.5) is 0 Å². The van der Waals surface area contributed by atoms with Gasteiger partial charge in [0.25, 0.3) is 0 Å². The van der Waals surface area contributed by atoms with Crippen molar-refractivity contribution in [1.82, 2.24) is 0 Å². The largest absolute Gasteiger partial charge is 0.393 e. The molecule has 0 aromatic rings. The fraction of sp³-hybridized carbons (Fsp3) is 1.00. The standard InChI is InChI=1S/C27H48O2/c1-17(11-13-25(2,3)4)21-9-10-22-20-8-7-18-15-19(28)12-14-26(18,5)23(20)16-24(29)27(21,22)6/h17-24,28-29H,7-16H2,1-6H3/t17-,18-,19-,20?,21?,22?,23?,24+,26+,27-/m1/s1. The Labute approximate surface area is 180 Å². The normalized spacial score (nSPS) is 51.1. The summed E-state index contributed by atoms with van der Waals surface area (Å²) in [5.41, 5.74) is 0.873. The summed E-state index contributed by atoms with van der Waals surface area (Å²) in [5, 5.41) is 21.9. The Balaban J connectivity index is 1.54. The van der Waals surface area contributed by atoms with E-state index in [0.29, 0.717) is 40.4 Å². The van der Waals surface area contributed by atoms with Crippen molar-refractivity contribution in [3.8, 4) is 0 Å². The molecule has 0 radical (unpaired) electrons. The SMILES string of the molecule is C[C@H](CCC(C)(C)C)C1CCC2C3CC[C@@H]4C[C@H](O)CC[C@]4(C)C3C[C@H](O)[C@@]21C. The molecular formula is C27H48O2. The fourth-order valence-corrected chi connectivity index (χ4v) is 9.02. The Morgan fingerprint density at radius 1 is 0.931 bits per heavy atom. The lowest BCUT2D eigenvalue weighted by Gasteiger charge is -2.62. The third-order valence-electron chi connectivity index (χ3n) is 10.9. The molecule has 2 N–H and O–H groups in total. The summed E-state index contributed by atoms with van der Waals surface area (Å²) in [6, 6.07) is 0. The van der Waals surface area contributed by atoms with Crippen molar-refractivity contribution in [3.05, 3.63) is 0 Å². The summed E-state index contributed by atoms with van der Waals surface area (Å²) in [7, 11) is 0. The highest BCUT2D eigenvalue weighted by Crippen LogP contribution is 2.68. The first kappa shape index (κ1) is 22.1. The molecule has 4 aliphatic rings. The molecule has 10 atom stereocenters. The van der Waals surface area contributed by atoms with E-state index in [0.717, 1.165) is 25.2 Å². The van der Waals surface area contributed by atoms with Gasteiger partial charge in [-0.3, -0.25) is 0 Å². The Bertz CT molecular complexity index is 594. The third kappa shape index (κ3) is 3.63. The summed E-state index contributed by atoms with van der Waals surface area (Å²) in [5.74, 6) is 4.26. The molecule has 168 valence electrons. The second kappa shape index (κ2) is 7.51. The maximum Gasteiger partial charge on any atom is 0.0602 e. The van der Waals surface area contributed by atoms with Crippen LogP contribution in [0.2, 0.25) is 0 Å². The highest BCUT2D eigenvalue weighted by Gasteiger charge is 2.63. The van der Waals surface area contributed by atoms with Crippen LogP contribution in [-0.2, 0) is 0 Å². The Kier molecular flexibility index (Phi) is 5.73. The van der Waals surface area contributed by atoms with Crippen LogP contribution in [0.3, 0.4) is 0 Å². The minimum absolute atomic E-state index is 0.0806. The zero-order chi connectivity index (χ0) is 21.2. The first-order valence-corrected chi connectivity index (χ1v) is 12.8. The van der Waals surface area contributed by atoms with Gasteiger partial charge in [-0.2, -0.15) is 0 Å². The number of aliphatic hydroxyl groups excluding tert-OH is 2. The zero-order valence-corrected chi connectivity index (χ0v) is 20.1. The van der Waals surface area contributed by atoms with Crippen molar-refractivity contribution in [2.24, 2.45) is 51.8 Å².